The van der Waals surface area contributed by atoms with Gasteiger partial charge in [-0.1, -0.05) is 37.1 Å². The lowest BCUT2D eigenvalue weighted by Gasteiger charge is -2.34. The van der Waals surface area contributed by atoms with Gasteiger partial charge >= 0.3 is 5.97 Å². The second kappa shape index (κ2) is 5.66. The molecule has 1 amide bonds. The zero-order chi connectivity index (χ0) is 16.0. The highest BCUT2D eigenvalue weighted by molar-refractivity contribution is 5.90. The number of hydrogen-bond acceptors (Lipinski definition) is 2. The molecule has 1 aromatic rings. The van der Waals surface area contributed by atoms with Gasteiger partial charge in [0.15, 0.2) is 0 Å². The van der Waals surface area contributed by atoms with Gasteiger partial charge < -0.3 is 10.0 Å². The van der Waals surface area contributed by atoms with Crippen LogP contribution in [0.1, 0.15) is 55.6 Å². The molecule has 0 bridgehead atoms. The third-order valence-corrected chi connectivity index (χ3v) is 6.06. The van der Waals surface area contributed by atoms with Crippen molar-refractivity contribution in [3.63, 3.8) is 0 Å². The molecule has 1 N–H and O–H groups in total. The molecule has 0 radical (unpaired) electrons. The Morgan fingerprint density at radius 3 is 2.70 bits per heavy atom. The van der Waals surface area contributed by atoms with Crippen LogP contribution in [0.25, 0.3) is 0 Å². The monoisotopic (exact) mass is 313 g/mol. The second-order valence-corrected chi connectivity index (χ2v) is 7.24. The highest BCUT2D eigenvalue weighted by Gasteiger charge is 2.49. The van der Waals surface area contributed by atoms with Crippen molar-refractivity contribution in [1.29, 1.82) is 0 Å². The topological polar surface area (TPSA) is 57.6 Å². The molecular formula is C19H23NO3. The van der Waals surface area contributed by atoms with Crippen molar-refractivity contribution < 1.29 is 14.7 Å². The Bertz CT molecular complexity index is 641. The van der Waals surface area contributed by atoms with Gasteiger partial charge in [-0.25, -0.2) is 4.79 Å². The lowest BCUT2D eigenvalue weighted by molar-refractivity contribution is -0.150. The van der Waals surface area contributed by atoms with E-state index in [0.29, 0.717) is 12.3 Å². The Kier molecular flexibility index (Phi) is 3.63. The molecule has 4 nitrogen and oxygen atoms in total. The number of aliphatic carboxylic acids is 1. The maximum Gasteiger partial charge on any atom is 0.326 e. The first kappa shape index (κ1) is 14.7. The van der Waals surface area contributed by atoms with Gasteiger partial charge in [0, 0.05) is 6.04 Å². The molecule has 2 aliphatic carbocycles. The molecule has 2 fully saturated rings. The van der Waals surface area contributed by atoms with Crippen LogP contribution in [0.5, 0.6) is 0 Å². The lowest BCUT2D eigenvalue weighted by atomic mass is 9.84. The number of rotatable bonds is 2. The fourth-order valence-electron chi connectivity index (χ4n) is 4.99. The summed E-state index contributed by atoms with van der Waals surface area (Å²) in [5, 5.41) is 9.62. The van der Waals surface area contributed by atoms with Gasteiger partial charge in [0.25, 0.3) is 0 Å². The van der Waals surface area contributed by atoms with E-state index in [0.717, 1.165) is 37.7 Å². The van der Waals surface area contributed by atoms with E-state index >= 15 is 0 Å². The molecule has 1 aliphatic heterocycles. The predicted octanol–water partition coefficient (Wildman–Crippen LogP) is 2.96. The summed E-state index contributed by atoms with van der Waals surface area (Å²) in [6.45, 7) is 0. The predicted molar refractivity (Wildman–Crippen MR) is 86.1 cm³/mol. The van der Waals surface area contributed by atoms with E-state index in [1.165, 1.54) is 12.0 Å². The Balaban J connectivity index is 1.65. The van der Waals surface area contributed by atoms with E-state index in [2.05, 4.69) is 6.07 Å². The molecule has 4 rings (SSSR count). The maximum absolute atomic E-state index is 13.2. The Labute approximate surface area is 136 Å². The minimum atomic E-state index is -0.834. The molecule has 4 heteroatoms. The number of aryl methyl sites for hydroxylation is 1. The van der Waals surface area contributed by atoms with Gasteiger partial charge in [-0.05, 0) is 49.1 Å². The summed E-state index contributed by atoms with van der Waals surface area (Å²) in [5.74, 6) is -0.546. The molecule has 1 aromatic carbocycles. The first-order valence-electron chi connectivity index (χ1n) is 8.79. The Morgan fingerprint density at radius 1 is 1.09 bits per heavy atom. The van der Waals surface area contributed by atoms with Gasteiger partial charge in [-0.15, -0.1) is 0 Å². The molecule has 4 atom stereocenters. The molecule has 1 saturated heterocycles. The van der Waals surface area contributed by atoms with E-state index in [1.54, 1.807) is 4.90 Å². The average molecular weight is 313 g/mol. The summed E-state index contributed by atoms with van der Waals surface area (Å²) in [4.78, 5) is 26.7. The number of amides is 1. The molecule has 23 heavy (non-hydrogen) atoms. The van der Waals surface area contributed by atoms with Crippen LogP contribution >= 0.6 is 0 Å². The summed E-state index contributed by atoms with van der Waals surface area (Å²) in [6.07, 6.45) is 6.69. The van der Waals surface area contributed by atoms with Crippen LogP contribution in [0.2, 0.25) is 0 Å². The first-order valence-corrected chi connectivity index (χ1v) is 8.79. The van der Waals surface area contributed by atoms with Gasteiger partial charge in [0.05, 0.1) is 5.92 Å². The molecule has 0 spiro atoms. The van der Waals surface area contributed by atoms with Crippen LogP contribution in [-0.2, 0) is 16.0 Å². The summed E-state index contributed by atoms with van der Waals surface area (Å²) < 4.78 is 0. The summed E-state index contributed by atoms with van der Waals surface area (Å²) in [6, 6.07) is 7.64. The lowest BCUT2D eigenvalue weighted by Crippen LogP contribution is -2.47. The summed E-state index contributed by atoms with van der Waals surface area (Å²) in [7, 11) is 0. The van der Waals surface area contributed by atoms with Crippen LogP contribution in [-0.4, -0.2) is 34.0 Å². The van der Waals surface area contributed by atoms with E-state index in [4.69, 9.17) is 0 Å². The quantitative estimate of drug-likeness (QED) is 0.913. The van der Waals surface area contributed by atoms with Crippen LogP contribution in [0.4, 0.5) is 0 Å². The second-order valence-electron chi connectivity index (χ2n) is 7.24. The SMILES string of the molecule is O=C(O)C1CC2CCCCC2N1C(=O)C1CCc2ccccc21. The Morgan fingerprint density at radius 2 is 1.87 bits per heavy atom. The number of hydrogen-bond donors (Lipinski definition) is 1. The fourth-order valence-corrected chi connectivity index (χ4v) is 4.99. The summed E-state index contributed by atoms with van der Waals surface area (Å²) >= 11 is 0. The van der Waals surface area contributed by atoms with Crippen molar-refractivity contribution in [1.82, 2.24) is 4.90 Å². The van der Waals surface area contributed by atoms with Crippen LogP contribution in [0.15, 0.2) is 24.3 Å². The first-order chi connectivity index (χ1) is 11.2. The zero-order valence-electron chi connectivity index (χ0n) is 13.3. The maximum atomic E-state index is 13.2. The van der Waals surface area contributed by atoms with Crippen LogP contribution in [0.3, 0.4) is 0 Å². The average Bonchev–Trinajstić information content (AvgIpc) is 3.16. The van der Waals surface area contributed by atoms with Gasteiger partial charge in [-0.3, -0.25) is 4.79 Å². The number of fused-ring (bicyclic) bond motifs is 2. The normalized spacial score (nSPS) is 32.4. The number of likely N-dealkylation sites (tertiary alicyclic amines) is 1. The third-order valence-electron chi connectivity index (χ3n) is 6.06. The van der Waals surface area contributed by atoms with Gasteiger partial charge in [0.1, 0.15) is 6.04 Å². The minimum Gasteiger partial charge on any atom is -0.480 e. The van der Waals surface area contributed by atoms with E-state index in [-0.39, 0.29) is 17.9 Å². The highest BCUT2D eigenvalue weighted by Crippen LogP contribution is 2.43. The molecule has 4 unspecified atom stereocenters. The zero-order valence-corrected chi connectivity index (χ0v) is 13.3. The standard InChI is InChI=1S/C19H23NO3/c21-18(15-10-9-12-5-1-3-7-14(12)15)20-16-8-4-2-6-13(16)11-17(20)19(22)23/h1,3,5,7,13,15-17H,2,4,6,8-11H2,(H,22,23). The molecule has 1 saturated carbocycles. The van der Waals surface area contributed by atoms with E-state index in [9.17, 15) is 14.7 Å². The van der Waals surface area contributed by atoms with E-state index < -0.39 is 12.0 Å². The van der Waals surface area contributed by atoms with Gasteiger partial charge in [-0.2, -0.15) is 0 Å². The number of carbonyl (C=O) groups is 2. The largest absolute Gasteiger partial charge is 0.480 e. The minimum absolute atomic E-state index is 0.0525. The van der Waals surface area contributed by atoms with Crippen molar-refractivity contribution >= 4 is 11.9 Å². The van der Waals surface area contributed by atoms with Crippen LogP contribution in [0, 0.1) is 5.92 Å². The highest BCUT2D eigenvalue weighted by atomic mass is 16.4. The molecule has 3 aliphatic rings. The van der Waals surface area contributed by atoms with Crippen molar-refractivity contribution in [2.75, 3.05) is 0 Å². The van der Waals surface area contributed by atoms with Crippen molar-refractivity contribution in [3.8, 4) is 0 Å². The molecule has 0 aromatic heterocycles. The van der Waals surface area contributed by atoms with Crippen molar-refractivity contribution in [3.05, 3.63) is 35.4 Å². The number of benzene rings is 1. The number of carboxylic acids is 1. The fraction of sp³-hybridized carbons (Fsp3) is 0.579. The molecule has 122 valence electrons. The van der Waals surface area contributed by atoms with Gasteiger partial charge in [0.2, 0.25) is 5.91 Å². The number of nitrogens with zero attached hydrogens (tertiary/aromatic N) is 1. The molecule has 1 heterocycles. The van der Waals surface area contributed by atoms with Crippen LogP contribution < -0.4 is 0 Å². The van der Waals surface area contributed by atoms with Crippen molar-refractivity contribution in [2.45, 2.75) is 62.9 Å². The summed E-state index contributed by atoms with van der Waals surface area (Å²) in [5.41, 5.74) is 2.36. The Hall–Kier alpha value is -1.84. The van der Waals surface area contributed by atoms with E-state index in [1.807, 2.05) is 18.2 Å². The number of carboxylic acid groups (broad SMARTS) is 1. The third kappa shape index (κ3) is 2.35. The smallest absolute Gasteiger partial charge is 0.326 e. The number of carbonyl (C=O) groups excluding carboxylic acids is 1. The molecular weight excluding hydrogens is 290 g/mol. The van der Waals surface area contributed by atoms with Crippen molar-refractivity contribution in [2.24, 2.45) is 5.92 Å².